The molecule has 0 atom stereocenters. The molecule has 0 heterocycles. The van der Waals surface area contributed by atoms with Crippen LogP contribution in [0.2, 0.25) is 0 Å². The van der Waals surface area contributed by atoms with E-state index in [1.54, 1.807) is 14.0 Å². The number of amides is 1. The molecule has 158 valence electrons. The third-order valence-electron chi connectivity index (χ3n) is 5.00. The number of methoxy groups -OCH3 is 1. The first-order valence-electron chi connectivity index (χ1n) is 10.2. The summed E-state index contributed by atoms with van der Waals surface area (Å²) >= 11 is 0. The quantitative estimate of drug-likeness (QED) is 0.599. The maximum atomic E-state index is 11.6. The summed E-state index contributed by atoms with van der Waals surface area (Å²) in [6, 6.07) is 14.7. The highest BCUT2D eigenvalue weighted by atomic mass is 16.5. The van der Waals surface area contributed by atoms with Gasteiger partial charge in [-0.25, -0.2) is 0 Å². The summed E-state index contributed by atoms with van der Waals surface area (Å²) in [5.41, 5.74) is 4.40. The molecule has 0 saturated heterocycles. The minimum Gasteiger partial charge on any atom is -0.491 e. The molecule has 0 spiro atoms. The van der Waals surface area contributed by atoms with Gasteiger partial charge in [-0.1, -0.05) is 52.8 Å². The van der Waals surface area contributed by atoms with Crippen LogP contribution in [-0.4, -0.2) is 26.2 Å². The number of nitrogens with one attached hydrogen (secondary N) is 1. The molecule has 0 unspecified atom stereocenters. The Morgan fingerprint density at radius 3 is 2.31 bits per heavy atom. The molecule has 0 aliphatic carbocycles. The van der Waals surface area contributed by atoms with Crippen LogP contribution in [0.1, 0.15) is 58.2 Å². The largest absolute Gasteiger partial charge is 0.491 e. The minimum absolute atomic E-state index is 0.00246. The maximum absolute atomic E-state index is 11.6. The summed E-state index contributed by atoms with van der Waals surface area (Å²) in [4.78, 5) is 11.6. The van der Waals surface area contributed by atoms with Crippen molar-refractivity contribution in [1.82, 2.24) is 0 Å². The summed E-state index contributed by atoms with van der Waals surface area (Å²) in [6.45, 7) is 13.7. The van der Waals surface area contributed by atoms with Crippen molar-refractivity contribution in [2.24, 2.45) is 0 Å². The third kappa shape index (κ3) is 6.90. The molecule has 2 rings (SSSR count). The molecule has 1 N–H and O–H groups in total. The van der Waals surface area contributed by atoms with Crippen molar-refractivity contribution in [3.05, 3.63) is 59.2 Å². The zero-order chi connectivity index (χ0) is 21.7. The Labute approximate surface area is 175 Å². The van der Waals surface area contributed by atoms with Crippen LogP contribution in [0.3, 0.4) is 0 Å². The number of hydrogen-bond acceptors (Lipinski definition) is 3. The molecule has 0 bridgehead atoms. The normalized spacial score (nSPS) is 12.0. The summed E-state index contributed by atoms with van der Waals surface area (Å²) in [5, 5.41) is 2.95. The number of anilines is 1. The highest BCUT2D eigenvalue weighted by Crippen LogP contribution is 2.33. The van der Waals surface area contributed by atoms with Gasteiger partial charge in [0.05, 0.1) is 6.61 Å². The fraction of sp³-hybridized carbons (Fsp3) is 0.480. The van der Waals surface area contributed by atoms with Crippen molar-refractivity contribution >= 4 is 11.6 Å². The fourth-order valence-corrected chi connectivity index (χ4v) is 3.36. The topological polar surface area (TPSA) is 47.6 Å². The Kier molecular flexibility index (Phi) is 7.48. The second kappa shape index (κ2) is 9.45. The van der Waals surface area contributed by atoms with E-state index >= 15 is 0 Å². The zero-order valence-electron chi connectivity index (χ0n) is 18.9. The van der Waals surface area contributed by atoms with Crippen LogP contribution in [0.5, 0.6) is 5.75 Å². The highest BCUT2D eigenvalue weighted by Gasteiger charge is 2.24. The molecule has 29 heavy (non-hydrogen) atoms. The lowest BCUT2D eigenvalue weighted by atomic mass is 9.77. The molecule has 1 amide bonds. The molecule has 0 radical (unpaired) electrons. The highest BCUT2D eigenvalue weighted by molar-refractivity contribution is 5.88. The zero-order valence-corrected chi connectivity index (χ0v) is 18.9. The standard InChI is InChI=1S/C25H35NO3/c1-18(27)26-22-14-19(13-21(15-22)24(2,3)4)17-25(5,6)20-9-8-10-23(16-20)29-12-11-28-7/h8-10,13-16H,11-12,17H2,1-7H3,(H,26,27). The van der Waals surface area contributed by atoms with E-state index in [0.717, 1.165) is 17.9 Å². The Balaban J connectivity index is 2.31. The van der Waals surface area contributed by atoms with Crippen LogP contribution >= 0.6 is 0 Å². The Morgan fingerprint density at radius 2 is 1.69 bits per heavy atom. The Bertz CT molecular complexity index is 834. The first-order valence-corrected chi connectivity index (χ1v) is 10.2. The maximum Gasteiger partial charge on any atom is 0.221 e. The lowest BCUT2D eigenvalue weighted by molar-refractivity contribution is -0.114. The van der Waals surface area contributed by atoms with E-state index in [2.05, 4.69) is 70.3 Å². The van der Waals surface area contributed by atoms with E-state index in [9.17, 15) is 4.79 Å². The number of carbonyl (C=O) groups excluding carboxylic acids is 1. The van der Waals surface area contributed by atoms with E-state index in [-0.39, 0.29) is 16.7 Å². The van der Waals surface area contributed by atoms with E-state index in [4.69, 9.17) is 9.47 Å². The number of ether oxygens (including phenoxy) is 2. The Morgan fingerprint density at radius 1 is 0.966 bits per heavy atom. The summed E-state index contributed by atoms with van der Waals surface area (Å²) in [5.74, 6) is 0.803. The van der Waals surface area contributed by atoms with Gasteiger partial charge in [0, 0.05) is 19.7 Å². The number of benzene rings is 2. The van der Waals surface area contributed by atoms with Crippen LogP contribution in [0.15, 0.2) is 42.5 Å². The van der Waals surface area contributed by atoms with Crippen LogP contribution in [0.4, 0.5) is 5.69 Å². The SMILES string of the molecule is COCCOc1cccc(C(C)(C)Cc2cc(NC(C)=O)cc(C(C)(C)C)c2)c1. The van der Waals surface area contributed by atoms with Gasteiger partial charge in [0.2, 0.25) is 5.91 Å². The van der Waals surface area contributed by atoms with Crippen molar-refractivity contribution in [2.45, 2.75) is 58.8 Å². The van der Waals surface area contributed by atoms with E-state index < -0.39 is 0 Å². The van der Waals surface area contributed by atoms with Crippen molar-refractivity contribution in [1.29, 1.82) is 0 Å². The van der Waals surface area contributed by atoms with E-state index in [1.165, 1.54) is 16.7 Å². The Hall–Kier alpha value is -2.33. The molecule has 2 aromatic rings. The van der Waals surface area contributed by atoms with Crippen molar-refractivity contribution in [3.63, 3.8) is 0 Å². The van der Waals surface area contributed by atoms with Gasteiger partial charge >= 0.3 is 0 Å². The smallest absolute Gasteiger partial charge is 0.221 e. The first kappa shape index (κ1) is 23.0. The number of rotatable bonds is 8. The van der Waals surface area contributed by atoms with Crippen LogP contribution in [0.25, 0.3) is 0 Å². The van der Waals surface area contributed by atoms with Gasteiger partial charge in [-0.2, -0.15) is 0 Å². The summed E-state index contributed by atoms with van der Waals surface area (Å²) in [6.07, 6.45) is 0.852. The molecule has 0 fully saturated rings. The molecule has 0 aromatic heterocycles. The monoisotopic (exact) mass is 397 g/mol. The first-order chi connectivity index (χ1) is 13.5. The predicted molar refractivity (Wildman–Crippen MR) is 120 cm³/mol. The van der Waals surface area contributed by atoms with Gasteiger partial charge in [0.1, 0.15) is 12.4 Å². The lowest BCUT2D eigenvalue weighted by Gasteiger charge is -2.28. The summed E-state index contributed by atoms with van der Waals surface area (Å²) in [7, 11) is 1.67. The van der Waals surface area contributed by atoms with Crippen LogP contribution in [0, 0.1) is 0 Å². The molecule has 0 aliphatic rings. The lowest BCUT2D eigenvalue weighted by Crippen LogP contribution is -2.22. The van der Waals surface area contributed by atoms with Gasteiger partial charge < -0.3 is 14.8 Å². The molecule has 2 aromatic carbocycles. The molecule has 0 aliphatic heterocycles. The molecular formula is C25H35NO3. The van der Waals surface area contributed by atoms with E-state index in [1.807, 2.05) is 12.1 Å². The van der Waals surface area contributed by atoms with Gasteiger partial charge in [0.25, 0.3) is 0 Å². The number of hydrogen-bond donors (Lipinski definition) is 1. The van der Waals surface area contributed by atoms with Gasteiger partial charge in [-0.3, -0.25) is 4.79 Å². The van der Waals surface area contributed by atoms with Gasteiger partial charge in [0.15, 0.2) is 0 Å². The van der Waals surface area contributed by atoms with Crippen LogP contribution in [-0.2, 0) is 26.8 Å². The van der Waals surface area contributed by atoms with Crippen LogP contribution < -0.4 is 10.1 Å². The fourth-order valence-electron chi connectivity index (χ4n) is 3.36. The second-order valence-corrected chi connectivity index (χ2v) is 9.28. The third-order valence-corrected chi connectivity index (χ3v) is 5.00. The molecule has 4 heteroatoms. The van der Waals surface area contributed by atoms with E-state index in [0.29, 0.717) is 13.2 Å². The van der Waals surface area contributed by atoms with Gasteiger partial charge in [-0.15, -0.1) is 0 Å². The number of carbonyl (C=O) groups is 1. The molecule has 4 nitrogen and oxygen atoms in total. The minimum atomic E-state index is -0.0926. The molecular weight excluding hydrogens is 362 g/mol. The average Bonchev–Trinajstić information content (AvgIpc) is 2.60. The second-order valence-electron chi connectivity index (χ2n) is 9.28. The van der Waals surface area contributed by atoms with Crippen molar-refractivity contribution < 1.29 is 14.3 Å². The van der Waals surface area contributed by atoms with Gasteiger partial charge in [-0.05, 0) is 58.2 Å². The average molecular weight is 398 g/mol. The predicted octanol–water partition coefficient (Wildman–Crippen LogP) is 5.49. The molecule has 0 saturated carbocycles. The van der Waals surface area contributed by atoms with Crippen molar-refractivity contribution in [3.8, 4) is 5.75 Å². The van der Waals surface area contributed by atoms with Crippen molar-refractivity contribution in [2.75, 3.05) is 25.6 Å². The summed E-state index contributed by atoms with van der Waals surface area (Å²) < 4.78 is 10.8.